The summed E-state index contributed by atoms with van der Waals surface area (Å²) in [6.45, 7) is 0. The number of hydrogen-bond acceptors (Lipinski definition) is 5. The molecule has 8 nitrogen and oxygen atoms in total. The highest BCUT2D eigenvalue weighted by Crippen LogP contribution is 2.22. The third-order valence-corrected chi connectivity index (χ3v) is 2.68. The van der Waals surface area contributed by atoms with Gasteiger partial charge in [0.05, 0.1) is 23.6 Å². The maximum absolute atomic E-state index is 12.3. The Kier molecular flexibility index (Phi) is 3.25. The Morgan fingerprint density at radius 1 is 1.32 bits per heavy atom. The number of para-hydroxylation sites is 1. The Morgan fingerprint density at radius 3 is 2.84 bits per heavy atom. The normalized spacial score (nSPS) is 10.2. The molecule has 2 heterocycles. The SMILES string of the molecule is COc1cccc2c(=O)c(-c3nn[nH]n3)c[nH]c12.O. The third-order valence-electron chi connectivity index (χ3n) is 2.68. The van der Waals surface area contributed by atoms with Crippen LogP contribution in [0.3, 0.4) is 0 Å². The minimum absolute atomic E-state index is 0. The first-order valence-corrected chi connectivity index (χ1v) is 5.23. The van der Waals surface area contributed by atoms with E-state index in [0.29, 0.717) is 22.2 Å². The van der Waals surface area contributed by atoms with E-state index in [1.54, 1.807) is 31.5 Å². The number of nitrogens with zero attached hydrogens (tertiary/aromatic N) is 3. The van der Waals surface area contributed by atoms with Gasteiger partial charge >= 0.3 is 0 Å². The molecule has 0 atom stereocenters. The van der Waals surface area contributed by atoms with Gasteiger partial charge in [-0.25, -0.2) is 0 Å². The summed E-state index contributed by atoms with van der Waals surface area (Å²) >= 11 is 0. The van der Waals surface area contributed by atoms with Crippen molar-refractivity contribution in [3.63, 3.8) is 0 Å². The molecule has 0 amide bonds. The van der Waals surface area contributed by atoms with Gasteiger partial charge in [-0.05, 0) is 17.3 Å². The highest BCUT2D eigenvalue weighted by atomic mass is 16.5. The smallest absolute Gasteiger partial charge is 0.210 e. The molecule has 1 aromatic carbocycles. The second kappa shape index (κ2) is 4.86. The number of tetrazole rings is 1. The molecule has 4 N–H and O–H groups in total. The van der Waals surface area contributed by atoms with Crippen molar-refractivity contribution >= 4 is 10.9 Å². The molecule has 2 aromatic heterocycles. The summed E-state index contributed by atoms with van der Waals surface area (Å²) in [5.74, 6) is 0.880. The fourth-order valence-electron chi connectivity index (χ4n) is 1.84. The molecule has 0 radical (unpaired) electrons. The van der Waals surface area contributed by atoms with Crippen molar-refractivity contribution in [3.05, 3.63) is 34.6 Å². The first-order valence-electron chi connectivity index (χ1n) is 5.23. The van der Waals surface area contributed by atoms with E-state index < -0.39 is 0 Å². The molecule has 3 rings (SSSR count). The van der Waals surface area contributed by atoms with Crippen LogP contribution in [0.2, 0.25) is 0 Å². The summed E-state index contributed by atoms with van der Waals surface area (Å²) in [5.41, 5.74) is 0.853. The van der Waals surface area contributed by atoms with E-state index in [2.05, 4.69) is 25.6 Å². The van der Waals surface area contributed by atoms with Gasteiger partial charge in [0, 0.05) is 6.20 Å². The van der Waals surface area contributed by atoms with E-state index in [9.17, 15) is 4.79 Å². The molecule has 19 heavy (non-hydrogen) atoms. The average Bonchev–Trinajstić information content (AvgIpc) is 2.92. The second-order valence-electron chi connectivity index (χ2n) is 3.65. The number of rotatable bonds is 2. The van der Waals surface area contributed by atoms with Gasteiger partial charge in [0.2, 0.25) is 11.3 Å². The van der Waals surface area contributed by atoms with Gasteiger partial charge in [0.1, 0.15) is 5.75 Å². The summed E-state index contributed by atoms with van der Waals surface area (Å²) in [6.07, 6.45) is 1.55. The number of aromatic nitrogens is 5. The molecular formula is C11H11N5O3. The molecule has 8 heteroatoms. The molecule has 0 aliphatic heterocycles. The molecule has 0 fully saturated rings. The lowest BCUT2D eigenvalue weighted by Gasteiger charge is -2.05. The standard InChI is InChI=1S/C11H9N5O2.H2O/c1-18-8-4-2-3-6-9(8)12-5-7(10(6)17)11-13-15-16-14-11;/h2-5H,1H3,(H,12,17)(H,13,14,15,16);1H2. The summed E-state index contributed by atoms with van der Waals surface area (Å²) in [6, 6.07) is 5.27. The fourth-order valence-corrected chi connectivity index (χ4v) is 1.84. The molecule has 98 valence electrons. The van der Waals surface area contributed by atoms with Crippen molar-refractivity contribution in [2.75, 3.05) is 7.11 Å². The lowest BCUT2D eigenvalue weighted by Crippen LogP contribution is -2.07. The van der Waals surface area contributed by atoms with Crippen molar-refractivity contribution in [2.45, 2.75) is 0 Å². The van der Waals surface area contributed by atoms with E-state index in [4.69, 9.17) is 4.74 Å². The van der Waals surface area contributed by atoms with Crippen LogP contribution in [0.4, 0.5) is 0 Å². The largest absolute Gasteiger partial charge is 0.495 e. The zero-order valence-corrected chi connectivity index (χ0v) is 9.97. The molecule has 0 bridgehead atoms. The topological polar surface area (TPSA) is 128 Å². The number of pyridine rings is 1. The van der Waals surface area contributed by atoms with Gasteiger partial charge in [-0.2, -0.15) is 5.21 Å². The quantitative estimate of drug-likeness (QED) is 0.665. The van der Waals surface area contributed by atoms with Crippen LogP contribution in [0.15, 0.2) is 29.2 Å². The summed E-state index contributed by atoms with van der Waals surface area (Å²) in [4.78, 5) is 15.3. The number of hydrogen-bond donors (Lipinski definition) is 2. The summed E-state index contributed by atoms with van der Waals surface area (Å²) < 4.78 is 5.19. The maximum atomic E-state index is 12.3. The number of ether oxygens (including phenoxy) is 1. The van der Waals surface area contributed by atoms with Crippen LogP contribution in [0.1, 0.15) is 0 Å². The van der Waals surface area contributed by atoms with Gasteiger partial charge in [-0.3, -0.25) is 4.79 Å². The van der Waals surface area contributed by atoms with Crippen LogP contribution in [0.25, 0.3) is 22.3 Å². The molecular weight excluding hydrogens is 250 g/mol. The van der Waals surface area contributed by atoms with Gasteiger partial charge < -0.3 is 15.2 Å². The monoisotopic (exact) mass is 261 g/mol. The van der Waals surface area contributed by atoms with Crippen LogP contribution in [0, 0.1) is 0 Å². The number of methoxy groups -OCH3 is 1. The van der Waals surface area contributed by atoms with Crippen molar-refractivity contribution in [3.8, 4) is 17.1 Å². The molecule has 0 spiro atoms. The highest BCUT2D eigenvalue weighted by Gasteiger charge is 2.12. The van der Waals surface area contributed by atoms with Crippen LogP contribution in [-0.2, 0) is 0 Å². The molecule has 0 aliphatic rings. The minimum atomic E-state index is -0.163. The van der Waals surface area contributed by atoms with Crippen molar-refractivity contribution in [1.29, 1.82) is 0 Å². The average molecular weight is 261 g/mol. The van der Waals surface area contributed by atoms with Gasteiger partial charge in [0.25, 0.3) is 0 Å². The van der Waals surface area contributed by atoms with Crippen molar-refractivity contribution in [1.82, 2.24) is 25.6 Å². The lowest BCUT2D eigenvalue weighted by molar-refractivity contribution is 0.419. The van der Waals surface area contributed by atoms with Gasteiger partial charge in [-0.15, -0.1) is 10.2 Å². The second-order valence-corrected chi connectivity index (χ2v) is 3.65. The summed E-state index contributed by atoms with van der Waals surface area (Å²) in [7, 11) is 1.56. The molecule has 0 saturated heterocycles. The number of aromatic amines is 2. The first kappa shape index (κ1) is 12.7. The Bertz CT molecular complexity index is 751. The van der Waals surface area contributed by atoms with E-state index >= 15 is 0 Å². The van der Waals surface area contributed by atoms with Gasteiger partial charge in [0.15, 0.2) is 0 Å². The molecule has 3 aromatic rings. The zero-order chi connectivity index (χ0) is 12.5. The minimum Gasteiger partial charge on any atom is -0.495 e. The lowest BCUT2D eigenvalue weighted by atomic mass is 10.1. The van der Waals surface area contributed by atoms with Crippen LogP contribution in [0.5, 0.6) is 5.75 Å². The van der Waals surface area contributed by atoms with E-state index in [-0.39, 0.29) is 16.7 Å². The number of benzene rings is 1. The molecule has 0 aliphatic carbocycles. The number of H-pyrrole nitrogens is 2. The van der Waals surface area contributed by atoms with Crippen LogP contribution >= 0.6 is 0 Å². The van der Waals surface area contributed by atoms with E-state index in [0.717, 1.165) is 0 Å². The van der Waals surface area contributed by atoms with Crippen molar-refractivity contribution < 1.29 is 10.2 Å². The van der Waals surface area contributed by atoms with Crippen LogP contribution in [-0.4, -0.2) is 38.2 Å². The zero-order valence-electron chi connectivity index (χ0n) is 9.97. The Morgan fingerprint density at radius 2 is 2.16 bits per heavy atom. The highest BCUT2D eigenvalue weighted by molar-refractivity contribution is 5.86. The molecule has 0 saturated carbocycles. The van der Waals surface area contributed by atoms with E-state index in [1.165, 1.54) is 0 Å². The Labute approximate surface area is 106 Å². The fraction of sp³-hybridized carbons (Fsp3) is 0.0909. The van der Waals surface area contributed by atoms with Crippen molar-refractivity contribution in [2.24, 2.45) is 0 Å². The summed E-state index contributed by atoms with van der Waals surface area (Å²) in [5, 5.41) is 13.9. The Balaban J connectivity index is 0.00000133. The predicted molar refractivity (Wildman–Crippen MR) is 67.9 cm³/mol. The number of fused-ring (bicyclic) bond motifs is 1. The Hall–Kier alpha value is -2.74. The molecule has 0 unspecified atom stereocenters. The van der Waals surface area contributed by atoms with Crippen LogP contribution < -0.4 is 10.2 Å². The van der Waals surface area contributed by atoms with Gasteiger partial charge in [-0.1, -0.05) is 6.07 Å². The first-order chi connectivity index (χ1) is 8.81. The maximum Gasteiger partial charge on any atom is 0.210 e. The van der Waals surface area contributed by atoms with E-state index in [1.807, 2.05) is 0 Å². The third kappa shape index (κ3) is 1.93. The number of nitrogens with one attached hydrogen (secondary N) is 2. The predicted octanol–water partition coefficient (Wildman–Crippen LogP) is -0.108.